The highest BCUT2D eigenvalue weighted by molar-refractivity contribution is 9.10. The van der Waals surface area contributed by atoms with Crippen LogP contribution >= 0.6 is 27.7 Å². The van der Waals surface area contributed by atoms with Gasteiger partial charge in [-0.1, -0.05) is 0 Å². The third kappa shape index (κ3) is 3.20. The van der Waals surface area contributed by atoms with Crippen molar-refractivity contribution in [2.45, 2.75) is 12.0 Å². The Balaban J connectivity index is 1.75. The van der Waals surface area contributed by atoms with E-state index in [0.29, 0.717) is 4.47 Å². The molecule has 0 bridgehead atoms. The molecule has 2 aliphatic rings. The summed E-state index contributed by atoms with van der Waals surface area (Å²) in [7, 11) is 1.65. The molecule has 2 aliphatic heterocycles. The lowest BCUT2D eigenvalue weighted by Crippen LogP contribution is -2.57. The van der Waals surface area contributed by atoms with Crippen LogP contribution in [0, 0.1) is 0 Å². The number of hydrogen-bond acceptors (Lipinski definition) is 6. The van der Waals surface area contributed by atoms with Crippen molar-refractivity contribution in [1.29, 1.82) is 0 Å². The molecule has 0 saturated carbocycles. The molecular weight excluding hydrogens is 368 g/mol. The smallest absolute Gasteiger partial charge is 0.282 e. The van der Waals surface area contributed by atoms with Crippen LogP contribution in [-0.4, -0.2) is 64.6 Å². The van der Waals surface area contributed by atoms with E-state index in [1.165, 1.54) is 16.9 Å². The molecular formula is C14H21BrN4O2S. The molecule has 1 unspecified atom stereocenters. The van der Waals surface area contributed by atoms with Crippen LogP contribution in [-0.2, 0) is 11.8 Å². The second-order valence-corrected chi connectivity index (χ2v) is 7.68. The van der Waals surface area contributed by atoms with Crippen molar-refractivity contribution in [1.82, 2.24) is 14.7 Å². The minimum absolute atomic E-state index is 0.119. The minimum Gasteiger partial charge on any atom is -0.381 e. The number of rotatable bonds is 4. The Bertz CT molecular complexity index is 583. The fraction of sp³-hybridized carbons (Fsp3) is 0.714. The van der Waals surface area contributed by atoms with Gasteiger partial charge in [-0.25, -0.2) is 4.68 Å². The number of morpholine rings is 1. The minimum atomic E-state index is -0.119. The van der Waals surface area contributed by atoms with Gasteiger partial charge in [0.1, 0.15) is 4.47 Å². The highest BCUT2D eigenvalue weighted by Gasteiger charge is 2.40. The summed E-state index contributed by atoms with van der Waals surface area (Å²) in [5, 5.41) is 7.54. The number of aryl methyl sites for hydroxylation is 1. The first kappa shape index (κ1) is 16.3. The van der Waals surface area contributed by atoms with Gasteiger partial charge in [0, 0.05) is 38.0 Å². The third-order valence-electron chi connectivity index (χ3n) is 4.45. The van der Waals surface area contributed by atoms with Crippen LogP contribution in [0.1, 0.15) is 6.42 Å². The molecule has 0 radical (unpaired) electrons. The van der Waals surface area contributed by atoms with Crippen LogP contribution in [0.4, 0.5) is 5.69 Å². The van der Waals surface area contributed by atoms with E-state index in [0.717, 1.165) is 44.3 Å². The van der Waals surface area contributed by atoms with E-state index >= 15 is 0 Å². The molecule has 3 heterocycles. The van der Waals surface area contributed by atoms with E-state index in [4.69, 9.17) is 4.74 Å². The molecule has 0 aromatic carbocycles. The van der Waals surface area contributed by atoms with Crippen molar-refractivity contribution in [3.63, 3.8) is 0 Å². The highest BCUT2D eigenvalue weighted by Crippen LogP contribution is 2.34. The van der Waals surface area contributed by atoms with Gasteiger partial charge < -0.3 is 10.1 Å². The zero-order valence-electron chi connectivity index (χ0n) is 12.7. The van der Waals surface area contributed by atoms with Crippen LogP contribution in [0.3, 0.4) is 0 Å². The van der Waals surface area contributed by atoms with Gasteiger partial charge >= 0.3 is 0 Å². The second kappa shape index (κ2) is 6.90. The maximum absolute atomic E-state index is 11.9. The van der Waals surface area contributed by atoms with Gasteiger partial charge in [-0.3, -0.25) is 9.69 Å². The molecule has 1 aromatic rings. The molecule has 0 aliphatic carbocycles. The Kier molecular flexibility index (Phi) is 5.11. The fourth-order valence-electron chi connectivity index (χ4n) is 3.03. The molecule has 0 spiro atoms. The lowest BCUT2D eigenvalue weighted by Gasteiger charge is -2.43. The first-order valence-corrected chi connectivity index (χ1v) is 9.43. The highest BCUT2D eigenvalue weighted by atomic mass is 79.9. The van der Waals surface area contributed by atoms with E-state index in [2.05, 4.69) is 31.2 Å². The molecule has 2 fully saturated rings. The molecule has 1 aromatic heterocycles. The summed E-state index contributed by atoms with van der Waals surface area (Å²) in [5.41, 5.74) is 0.799. The number of anilines is 1. The predicted octanol–water partition coefficient (Wildman–Crippen LogP) is 1.16. The van der Waals surface area contributed by atoms with E-state index in [9.17, 15) is 4.79 Å². The normalized spacial score (nSPS) is 26.3. The van der Waals surface area contributed by atoms with E-state index < -0.39 is 0 Å². The molecule has 1 N–H and O–H groups in total. The van der Waals surface area contributed by atoms with Crippen LogP contribution < -0.4 is 10.9 Å². The summed E-state index contributed by atoms with van der Waals surface area (Å²) in [6, 6.07) is 0. The number of nitrogens with one attached hydrogen (secondary N) is 1. The monoisotopic (exact) mass is 388 g/mol. The van der Waals surface area contributed by atoms with Crippen molar-refractivity contribution >= 4 is 33.4 Å². The average molecular weight is 389 g/mol. The molecule has 122 valence electrons. The Morgan fingerprint density at radius 1 is 1.50 bits per heavy atom. The average Bonchev–Trinajstić information content (AvgIpc) is 3.03. The summed E-state index contributed by atoms with van der Waals surface area (Å²) in [4.78, 5) is 14.5. The van der Waals surface area contributed by atoms with Crippen molar-refractivity contribution in [2.24, 2.45) is 7.05 Å². The number of thioether (sulfide) groups is 1. The second-order valence-electron chi connectivity index (χ2n) is 5.78. The Labute approximate surface area is 142 Å². The summed E-state index contributed by atoms with van der Waals surface area (Å²) in [6.07, 6.45) is 2.88. The number of ether oxygens (including phenoxy) is 1. The predicted molar refractivity (Wildman–Crippen MR) is 92.7 cm³/mol. The van der Waals surface area contributed by atoms with Crippen molar-refractivity contribution in [3.05, 3.63) is 21.0 Å². The Morgan fingerprint density at radius 3 is 2.95 bits per heavy atom. The van der Waals surface area contributed by atoms with Gasteiger partial charge in [0.15, 0.2) is 0 Å². The molecule has 0 amide bonds. The molecule has 1 atom stereocenters. The number of halogens is 1. The summed E-state index contributed by atoms with van der Waals surface area (Å²) in [6.45, 7) is 4.41. The molecule has 2 saturated heterocycles. The molecule has 6 nitrogen and oxygen atoms in total. The summed E-state index contributed by atoms with van der Waals surface area (Å²) >= 11 is 5.38. The Hall–Kier alpha value is -0.570. The van der Waals surface area contributed by atoms with Gasteiger partial charge in [0.25, 0.3) is 5.56 Å². The van der Waals surface area contributed by atoms with Gasteiger partial charge in [-0.15, -0.1) is 0 Å². The Morgan fingerprint density at radius 2 is 2.27 bits per heavy atom. The third-order valence-corrected chi connectivity index (χ3v) is 6.45. The molecule has 3 rings (SSSR count). The van der Waals surface area contributed by atoms with E-state index in [-0.39, 0.29) is 11.1 Å². The fourth-order valence-corrected chi connectivity index (χ4v) is 5.01. The van der Waals surface area contributed by atoms with Gasteiger partial charge in [-0.2, -0.15) is 16.9 Å². The van der Waals surface area contributed by atoms with Crippen LogP contribution in [0.5, 0.6) is 0 Å². The van der Waals surface area contributed by atoms with Crippen molar-refractivity contribution in [2.75, 3.05) is 49.7 Å². The van der Waals surface area contributed by atoms with Gasteiger partial charge in [0.2, 0.25) is 0 Å². The molecule has 8 heteroatoms. The maximum atomic E-state index is 11.9. The lowest BCUT2D eigenvalue weighted by atomic mass is 9.95. The van der Waals surface area contributed by atoms with E-state index in [1.807, 2.05) is 11.8 Å². The van der Waals surface area contributed by atoms with Gasteiger partial charge in [-0.05, 0) is 28.1 Å². The number of aromatic nitrogens is 2. The zero-order chi connectivity index (χ0) is 15.6. The first-order valence-electron chi connectivity index (χ1n) is 7.49. The zero-order valence-corrected chi connectivity index (χ0v) is 15.1. The van der Waals surface area contributed by atoms with E-state index in [1.54, 1.807) is 13.2 Å². The van der Waals surface area contributed by atoms with Crippen LogP contribution in [0.15, 0.2) is 15.5 Å². The summed E-state index contributed by atoms with van der Waals surface area (Å²) < 4.78 is 7.37. The van der Waals surface area contributed by atoms with Crippen LogP contribution in [0.2, 0.25) is 0 Å². The number of hydrogen-bond donors (Lipinski definition) is 1. The first-order chi connectivity index (χ1) is 10.6. The lowest BCUT2D eigenvalue weighted by molar-refractivity contribution is -0.00921. The SMILES string of the molecule is Cn1ncc(NCC2(N3CCOCC3)CCSC2)c(Br)c1=O. The van der Waals surface area contributed by atoms with Gasteiger partial charge in [0.05, 0.1) is 25.1 Å². The van der Waals surface area contributed by atoms with Crippen molar-refractivity contribution in [3.8, 4) is 0 Å². The molecule has 22 heavy (non-hydrogen) atoms. The largest absolute Gasteiger partial charge is 0.381 e. The quantitative estimate of drug-likeness (QED) is 0.834. The standard InChI is InChI=1S/C14H21BrN4O2S/c1-18-13(20)12(15)11(8-17-18)16-9-14(2-7-22-10-14)19-3-5-21-6-4-19/h8,16H,2-7,9-10H2,1H3. The number of nitrogens with zero attached hydrogens (tertiary/aromatic N) is 3. The van der Waals surface area contributed by atoms with Crippen molar-refractivity contribution < 1.29 is 4.74 Å². The topological polar surface area (TPSA) is 59.4 Å². The summed E-state index contributed by atoms with van der Waals surface area (Å²) in [5.74, 6) is 2.31. The maximum Gasteiger partial charge on any atom is 0.282 e. The van der Waals surface area contributed by atoms with Crippen LogP contribution in [0.25, 0.3) is 0 Å².